The van der Waals surface area contributed by atoms with Crippen molar-refractivity contribution in [1.82, 2.24) is 0 Å². The Morgan fingerprint density at radius 2 is 2.20 bits per heavy atom. The third-order valence-electron chi connectivity index (χ3n) is 2.93. The van der Waals surface area contributed by atoms with Gasteiger partial charge in [0.2, 0.25) is 5.91 Å². The number of nitrogens with two attached hydrogens (primary N) is 1. The number of carbonyl (C=O) groups is 2. The SMILES string of the molecule is CC(CC1CCCCO1)(C(N)=O)C(=O)O. The number of ether oxygens (including phenoxy) is 1. The molecule has 1 aliphatic rings. The van der Waals surface area contributed by atoms with Crippen molar-refractivity contribution in [2.45, 2.75) is 38.7 Å². The number of carboxylic acids is 1. The molecule has 0 aliphatic carbocycles. The second-order valence-electron chi connectivity index (χ2n) is 4.19. The summed E-state index contributed by atoms with van der Waals surface area (Å²) in [6.07, 6.45) is 2.82. The normalized spacial score (nSPS) is 25.5. The third-order valence-corrected chi connectivity index (χ3v) is 2.93. The fourth-order valence-corrected chi connectivity index (χ4v) is 1.72. The van der Waals surface area contributed by atoms with Gasteiger partial charge >= 0.3 is 5.97 Å². The van der Waals surface area contributed by atoms with Crippen LogP contribution in [-0.4, -0.2) is 29.7 Å². The zero-order valence-corrected chi connectivity index (χ0v) is 8.86. The fourth-order valence-electron chi connectivity index (χ4n) is 1.72. The van der Waals surface area contributed by atoms with Gasteiger partial charge in [-0.3, -0.25) is 9.59 Å². The van der Waals surface area contributed by atoms with Crippen molar-refractivity contribution < 1.29 is 19.4 Å². The lowest BCUT2D eigenvalue weighted by Crippen LogP contribution is -2.44. The van der Waals surface area contributed by atoms with E-state index in [2.05, 4.69) is 0 Å². The maximum atomic E-state index is 11.1. The largest absolute Gasteiger partial charge is 0.480 e. The minimum absolute atomic E-state index is 0.160. The molecule has 5 heteroatoms. The van der Waals surface area contributed by atoms with Gasteiger partial charge in [-0.1, -0.05) is 0 Å². The Kier molecular flexibility index (Phi) is 3.68. The summed E-state index contributed by atoms with van der Waals surface area (Å²) < 4.78 is 5.40. The van der Waals surface area contributed by atoms with E-state index in [0.29, 0.717) is 6.61 Å². The molecular weight excluding hydrogens is 198 g/mol. The standard InChI is InChI=1S/C10H17NO4/c1-10(8(11)12,9(13)14)6-7-4-2-3-5-15-7/h7H,2-6H2,1H3,(H2,11,12)(H,13,14). The van der Waals surface area contributed by atoms with Crippen LogP contribution in [0.2, 0.25) is 0 Å². The molecule has 86 valence electrons. The molecule has 0 saturated carbocycles. The molecular formula is C10H17NO4. The van der Waals surface area contributed by atoms with Crippen LogP contribution < -0.4 is 5.73 Å². The van der Waals surface area contributed by atoms with Crippen molar-refractivity contribution in [2.24, 2.45) is 11.1 Å². The van der Waals surface area contributed by atoms with Crippen LogP contribution in [0.25, 0.3) is 0 Å². The molecule has 5 nitrogen and oxygen atoms in total. The minimum atomic E-state index is -1.51. The zero-order chi connectivity index (χ0) is 11.5. The van der Waals surface area contributed by atoms with E-state index < -0.39 is 17.3 Å². The lowest BCUT2D eigenvalue weighted by Gasteiger charge is -2.29. The number of hydrogen-bond donors (Lipinski definition) is 2. The van der Waals surface area contributed by atoms with Crippen LogP contribution in [0, 0.1) is 5.41 Å². The van der Waals surface area contributed by atoms with Crippen LogP contribution in [0.4, 0.5) is 0 Å². The first-order valence-corrected chi connectivity index (χ1v) is 5.11. The number of primary amides is 1. The monoisotopic (exact) mass is 215 g/mol. The Morgan fingerprint density at radius 1 is 1.53 bits per heavy atom. The molecule has 0 aromatic heterocycles. The number of rotatable bonds is 4. The highest BCUT2D eigenvalue weighted by Crippen LogP contribution is 2.28. The van der Waals surface area contributed by atoms with Crippen molar-refractivity contribution in [3.63, 3.8) is 0 Å². The highest BCUT2D eigenvalue weighted by molar-refractivity contribution is 6.00. The van der Waals surface area contributed by atoms with E-state index >= 15 is 0 Å². The molecule has 1 rings (SSSR count). The van der Waals surface area contributed by atoms with Crippen LogP contribution in [0.15, 0.2) is 0 Å². The summed E-state index contributed by atoms with van der Waals surface area (Å²) in [6, 6.07) is 0. The third kappa shape index (κ3) is 2.68. The van der Waals surface area contributed by atoms with E-state index in [9.17, 15) is 9.59 Å². The van der Waals surface area contributed by atoms with Gasteiger partial charge in [0.15, 0.2) is 0 Å². The zero-order valence-electron chi connectivity index (χ0n) is 8.86. The summed E-state index contributed by atoms with van der Waals surface area (Å²) >= 11 is 0. The van der Waals surface area contributed by atoms with Gasteiger partial charge in [-0.05, 0) is 32.6 Å². The molecule has 1 fully saturated rings. The van der Waals surface area contributed by atoms with Gasteiger partial charge in [-0.2, -0.15) is 0 Å². The average Bonchev–Trinajstić information content (AvgIpc) is 2.18. The van der Waals surface area contributed by atoms with Gasteiger partial charge in [0, 0.05) is 6.61 Å². The lowest BCUT2D eigenvalue weighted by molar-refractivity contribution is -0.157. The van der Waals surface area contributed by atoms with Crippen molar-refractivity contribution in [3.05, 3.63) is 0 Å². The first kappa shape index (κ1) is 12.0. The molecule has 2 unspecified atom stereocenters. The van der Waals surface area contributed by atoms with Gasteiger partial charge in [-0.25, -0.2) is 0 Å². The van der Waals surface area contributed by atoms with Crippen LogP contribution in [-0.2, 0) is 14.3 Å². The summed E-state index contributed by atoms with van der Waals surface area (Å²) in [7, 11) is 0. The number of carboxylic acid groups (broad SMARTS) is 1. The fraction of sp³-hybridized carbons (Fsp3) is 0.800. The Labute approximate surface area is 88.6 Å². The molecule has 1 saturated heterocycles. The summed E-state index contributed by atoms with van der Waals surface area (Å²) in [5.41, 5.74) is 3.60. The van der Waals surface area contributed by atoms with E-state index in [-0.39, 0.29) is 12.5 Å². The van der Waals surface area contributed by atoms with E-state index in [0.717, 1.165) is 19.3 Å². The maximum Gasteiger partial charge on any atom is 0.319 e. The van der Waals surface area contributed by atoms with Gasteiger partial charge in [0.05, 0.1) is 6.10 Å². The van der Waals surface area contributed by atoms with Gasteiger partial charge in [-0.15, -0.1) is 0 Å². The second kappa shape index (κ2) is 4.61. The smallest absolute Gasteiger partial charge is 0.319 e. The molecule has 2 atom stereocenters. The minimum Gasteiger partial charge on any atom is -0.480 e. The number of aliphatic carboxylic acids is 1. The molecule has 0 radical (unpaired) electrons. The van der Waals surface area contributed by atoms with E-state index in [1.807, 2.05) is 0 Å². The topological polar surface area (TPSA) is 89.6 Å². The van der Waals surface area contributed by atoms with Crippen LogP contribution in [0.5, 0.6) is 0 Å². The van der Waals surface area contributed by atoms with Crippen molar-refractivity contribution in [3.8, 4) is 0 Å². The molecule has 15 heavy (non-hydrogen) atoms. The Morgan fingerprint density at radius 3 is 2.60 bits per heavy atom. The van der Waals surface area contributed by atoms with Crippen molar-refractivity contribution in [2.75, 3.05) is 6.61 Å². The highest BCUT2D eigenvalue weighted by atomic mass is 16.5. The molecule has 0 spiro atoms. The van der Waals surface area contributed by atoms with Crippen molar-refractivity contribution in [1.29, 1.82) is 0 Å². The molecule has 0 aromatic carbocycles. The molecule has 1 amide bonds. The maximum absolute atomic E-state index is 11.1. The number of carbonyl (C=O) groups excluding carboxylic acids is 1. The summed E-state index contributed by atoms with van der Waals surface area (Å²) in [6.45, 7) is 1.99. The van der Waals surface area contributed by atoms with Gasteiger partial charge in [0.1, 0.15) is 5.41 Å². The number of amides is 1. The van der Waals surface area contributed by atoms with E-state index in [1.54, 1.807) is 0 Å². The van der Waals surface area contributed by atoms with E-state index in [1.165, 1.54) is 6.92 Å². The second-order valence-corrected chi connectivity index (χ2v) is 4.19. The van der Waals surface area contributed by atoms with Crippen LogP contribution in [0.1, 0.15) is 32.6 Å². The average molecular weight is 215 g/mol. The molecule has 0 bridgehead atoms. The number of hydrogen-bond acceptors (Lipinski definition) is 3. The lowest BCUT2D eigenvalue weighted by atomic mass is 9.82. The predicted molar refractivity (Wildman–Crippen MR) is 53.1 cm³/mol. The van der Waals surface area contributed by atoms with Gasteiger partial charge < -0.3 is 15.6 Å². The Bertz CT molecular complexity index is 244. The first-order valence-electron chi connectivity index (χ1n) is 5.11. The van der Waals surface area contributed by atoms with Crippen LogP contribution >= 0.6 is 0 Å². The first-order chi connectivity index (χ1) is 6.97. The quantitative estimate of drug-likeness (QED) is 0.669. The Balaban J connectivity index is 2.65. The Hall–Kier alpha value is -1.10. The molecule has 1 aliphatic heterocycles. The highest BCUT2D eigenvalue weighted by Gasteiger charge is 2.42. The van der Waals surface area contributed by atoms with Crippen LogP contribution in [0.3, 0.4) is 0 Å². The molecule has 1 heterocycles. The summed E-state index contributed by atoms with van der Waals surface area (Å²) in [4.78, 5) is 22.1. The van der Waals surface area contributed by atoms with E-state index in [4.69, 9.17) is 15.6 Å². The predicted octanol–water partition coefficient (Wildman–Crippen LogP) is 0.522. The summed E-state index contributed by atoms with van der Waals surface area (Å²) in [5.74, 6) is -1.98. The summed E-state index contributed by atoms with van der Waals surface area (Å²) in [5, 5.41) is 8.98. The van der Waals surface area contributed by atoms with Crippen molar-refractivity contribution >= 4 is 11.9 Å². The molecule has 0 aromatic rings. The molecule has 3 N–H and O–H groups in total. The van der Waals surface area contributed by atoms with Gasteiger partial charge in [0.25, 0.3) is 0 Å².